The molecule has 170 valence electrons. The van der Waals surface area contributed by atoms with Crippen molar-refractivity contribution >= 4 is 17.6 Å². The van der Waals surface area contributed by atoms with E-state index in [4.69, 9.17) is 11.5 Å². The molecule has 0 saturated carbocycles. The number of amides is 2. The molecule has 2 aromatic rings. The highest BCUT2D eigenvalue weighted by atomic mass is 19.4. The number of nitrogens with zero attached hydrogens (tertiary/aromatic N) is 3. The first-order valence-corrected chi connectivity index (χ1v) is 10.2. The second-order valence-electron chi connectivity index (χ2n) is 7.60. The zero-order chi connectivity index (χ0) is 23.5. The van der Waals surface area contributed by atoms with Gasteiger partial charge in [0.2, 0.25) is 0 Å². The molecular weight excluding hydrogens is 423 g/mol. The molecule has 4 N–H and O–H groups in total. The number of rotatable bonds is 3. The maximum atomic E-state index is 12.9. The van der Waals surface area contributed by atoms with Crippen LogP contribution < -0.4 is 11.5 Å². The lowest BCUT2D eigenvalue weighted by Crippen LogP contribution is -2.35. The van der Waals surface area contributed by atoms with Gasteiger partial charge in [-0.3, -0.25) is 9.59 Å². The van der Waals surface area contributed by atoms with Crippen molar-refractivity contribution in [3.05, 3.63) is 35.4 Å². The molecule has 0 radical (unpaired) electrons. The van der Waals surface area contributed by atoms with Crippen LogP contribution in [0.3, 0.4) is 0 Å². The van der Waals surface area contributed by atoms with Gasteiger partial charge >= 0.3 is 6.18 Å². The number of nitrogens with two attached hydrogens (primary N) is 2. The number of hydrogen-bond donors (Lipinski definition) is 2. The molecule has 2 amide bonds. The first-order valence-electron chi connectivity index (χ1n) is 10.2. The second-order valence-corrected chi connectivity index (χ2v) is 7.60. The summed E-state index contributed by atoms with van der Waals surface area (Å²) >= 11 is 0. The molecule has 1 fully saturated rings. The minimum atomic E-state index is -4.48. The van der Waals surface area contributed by atoms with Crippen LogP contribution in [0.5, 0.6) is 0 Å². The Hall–Kier alpha value is -3.48. The summed E-state index contributed by atoms with van der Waals surface area (Å²) in [6, 6.07) is 4.11. The van der Waals surface area contributed by atoms with Gasteiger partial charge in [-0.2, -0.15) is 18.3 Å². The van der Waals surface area contributed by atoms with E-state index in [9.17, 15) is 22.8 Å². The van der Waals surface area contributed by atoms with Crippen molar-refractivity contribution in [2.45, 2.75) is 44.8 Å². The number of halogens is 3. The monoisotopic (exact) mass is 447 g/mol. The Labute approximate surface area is 183 Å². The van der Waals surface area contributed by atoms with Crippen molar-refractivity contribution in [1.29, 1.82) is 0 Å². The zero-order valence-electron chi connectivity index (χ0n) is 17.6. The molecule has 32 heavy (non-hydrogen) atoms. The Balaban J connectivity index is 1.94. The van der Waals surface area contributed by atoms with E-state index in [1.807, 2.05) is 0 Å². The van der Waals surface area contributed by atoms with E-state index in [0.717, 1.165) is 31.4 Å². The Morgan fingerprint density at radius 2 is 1.81 bits per heavy atom. The van der Waals surface area contributed by atoms with E-state index >= 15 is 0 Å². The summed E-state index contributed by atoms with van der Waals surface area (Å²) in [5.74, 6) is 4.15. The van der Waals surface area contributed by atoms with Crippen molar-refractivity contribution in [3.63, 3.8) is 0 Å². The molecular formula is C22H24F3N5O2. The number of anilines is 1. The van der Waals surface area contributed by atoms with E-state index in [2.05, 4.69) is 16.9 Å². The summed E-state index contributed by atoms with van der Waals surface area (Å²) in [4.78, 5) is 26.0. The van der Waals surface area contributed by atoms with Gasteiger partial charge in [0, 0.05) is 18.7 Å². The third kappa shape index (κ3) is 4.88. The van der Waals surface area contributed by atoms with Crippen LogP contribution in [0.2, 0.25) is 0 Å². The quantitative estimate of drug-likeness (QED) is 0.705. The van der Waals surface area contributed by atoms with Crippen LogP contribution in [0.4, 0.5) is 19.0 Å². The highest BCUT2D eigenvalue weighted by molar-refractivity contribution is 6.03. The largest absolute Gasteiger partial charge is 0.416 e. The fraction of sp³-hybridized carbons (Fsp3) is 0.409. The third-order valence-corrected chi connectivity index (χ3v) is 5.49. The van der Waals surface area contributed by atoms with Crippen LogP contribution in [0.25, 0.3) is 11.3 Å². The SMILES string of the molecule is CC#CC(=O)N1CCCC[C@H](n2nc(-c3ccc(C(F)(F)F)cc3)c(C(N)=O)c2N)CC1. The first-order chi connectivity index (χ1) is 15.1. The predicted molar refractivity (Wildman–Crippen MR) is 113 cm³/mol. The molecule has 2 heterocycles. The Morgan fingerprint density at radius 3 is 2.41 bits per heavy atom. The second kappa shape index (κ2) is 9.34. The fourth-order valence-electron chi connectivity index (χ4n) is 3.87. The fourth-order valence-corrected chi connectivity index (χ4v) is 3.87. The highest BCUT2D eigenvalue weighted by Crippen LogP contribution is 2.35. The number of likely N-dealkylation sites (tertiary alicyclic amines) is 1. The topological polar surface area (TPSA) is 107 Å². The lowest BCUT2D eigenvalue weighted by molar-refractivity contribution is -0.137. The maximum Gasteiger partial charge on any atom is 0.416 e. The molecule has 1 atom stereocenters. The summed E-state index contributed by atoms with van der Waals surface area (Å²) < 4.78 is 40.2. The molecule has 3 rings (SSSR count). The van der Waals surface area contributed by atoms with Gasteiger partial charge in [0.25, 0.3) is 11.8 Å². The van der Waals surface area contributed by atoms with Gasteiger partial charge in [-0.1, -0.05) is 18.1 Å². The molecule has 1 aliphatic rings. The number of nitrogen functional groups attached to an aromatic ring is 1. The van der Waals surface area contributed by atoms with Crippen LogP contribution in [-0.4, -0.2) is 39.6 Å². The summed E-state index contributed by atoms with van der Waals surface area (Å²) in [6.45, 7) is 2.65. The van der Waals surface area contributed by atoms with E-state index in [1.54, 1.807) is 11.8 Å². The molecule has 0 aliphatic carbocycles. The molecule has 0 spiro atoms. The van der Waals surface area contributed by atoms with E-state index in [1.165, 1.54) is 16.8 Å². The smallest absolute Gasteiger partial charge is 0.383 e. The van der Waals surface area contributed by atoms with Crippen molar-refractivity contribution < 1.29 is 22.8 Å². The van der Waals surface area contributed by atoms with E-state index in [-0.39, 0.29) is 29.0 Å². The molecule has 1 aromatic heterocycles. The minimum absolute atomic E-state index is 0.0309. The summed E-state index contributed by atoms with van der Waals surface area (Å²) in [7, 11) is 0. The number of primary amides is 1. The van der Waals surface area contributed by atoms with Crippen LogP contribution in [0, 0.1) is 11.8 Å². The normalized spacial score (nSPS) is 17.1. The average molecular weight is 447 g/mol. The van der Waals surface area contributed by atoms with Gasteiger partial charge in [0.1, 0.15) is 17.1 Å². The lowest BCUT2D eigenvalue weighted by Gasteiger charge is -2.27. The van der Waals surface area contributed by atoms with E-state index in [0.29, 0.717) is 25.1 Å². The van der Waals surface area contributed by atoms with Crippen molar-refractivity contribution in [2.24, 2.45) is 5.73 Å². The molecule has 7 nitrogen and oxygen atoms in total. The van der Waals surface area contributed by atoms with Gasteiger partial charge in [-0.05, 0) is 50.7 Å². The molecule has 0 unspecified atom stereocenters. The predicted octanol–water partition coefficient (Wildman–Crippen LogP) is 3.22. The maximum absolute atomic E-state index is 12.9. The molecule has 1 aromatic carbocycles. The van der Waals surface area contributed by atoms with Gasteiger partial charge in [-0.25, -0.2) is 4.68 Å². The average Bonchev–Trinajstić information content (AvgIpc) is 3.05. The van der Waals surface area contributed by atoms with Crippen LogP contribution >= 0.6 is 0 Å². The van der Waals surface area contributed by atoms with Crippen molar-refractivity contribution in [2.75, 3.05) is 18.8 Å². The highest BCUT2D eigenvalue weighted by Gasteiger charge is 2.31. The third-order valence-electron chi connectivity index (χ3n) is 5.49. The van der Waals surface area contributed by atoms with Crippen LogP contribution in [-0.2, 0) is 11.0 Å². The lowest BCUT2D eigenvalue weighted by atomic mass is 10.0. The summed E-state index contributed by atoms with van der Waals surface area (Å²) in [5.41, 5.74) is 11.3. The summed E-state index contributed by atoms with van der Waals surface area (Å²) in [5, 5.41) is 4.47. The Bertz CT molecular complexity index is 1060. The van der Waals surface area contributed by atoms with Crippen molar-refractivity contribution in [1.82, 2.24) is 14.7 Å². The van der Waals surface area contributed by atoms with Crippen LogP contribution in [0.1, 0.15) is 54.6 Å². The van der Waals surface area contributed by atoms with E-state index < -0.39 is 17.6 Å². The summed E-state index contributed by atoms with van der Waals surface area (Å²) in [6.07, 6.45) is -1.64. The van der Waals surface area contributed by atoms with Crippen LogP contribution in [0.15, 0.2) is 24.3 Å². The first kappa shape index (κ1) is 23.2. The molecule has 0 bridgehead atoms. The Kier molecular flexibility index (Phi) is 6.77. The van der Waals surface area contributed by atoms with Gasteiger partial charge < -0.3 is 16.4 Å². The van der Waals surface area contributed by atoms with Gasteiger partial charge in [0.15, 0.2) is 0 Å². The molecule has 1 aliphatic heterocycles. The number of carbonyl (C=O) groups excluding carboxylic acids is 2. The standard InChI is InChI=1S/C22H24F3N5O2/c1-2-5-17(31)29-12-4-3-6-16(11-13-29)30-20(26)18(21(27)32)19(28-30)14-7-9-15(10-8-14)22(23,24)25/h7-10,16H,3-4,6,11-13,26H2,1H3,(H2,27,32)/t16-/m0/s1. The number of benzene rings is 1. The number of aromatic nitrogens is 2. The Morgan fingerprint density at radius 1 is 1.12 bits per heavy atom. The van der Waals surface area contributed by atoms with Crippen molar-refractivity contribution in [3.8, 4) is 23.1 Å². The number of carbonyl (C=O) groups is 2. The van der Waals surface area contributed by atoms with Gasteiger partial charge in [0.05, 0.1) is 11.6 Å². The van der Waals surface area contributed by atoms with Gasteiger partial charge in [-0.15, -0.1) is 0 Å². The zero-order valence-corrected chi connectivity index (χ0v) is 17.6. The molecule has 1 saturated heterocycles. The number of hydrogen-bond acceptors (Lipinski definition) is 4. The molecule has 10 heteroatoms. The minimum Gasteiger partial charge on any atom is -0.383 e. The number of alkyl halides is 3.